The molecule has 0 saturated carbocycles. The summed E-state index contributed by atoms with van der Waals surface area (Å²) in [6.45, 7) is 1.66. The van der Waals surface area contributed by atoms with Crippen LogP contribution in [0.25, 0.3) is 10.9 Å². The van der Waals surface area contributed by atoms with E-state index < -0.39 is 28.9 Å². The van der Waals surface area contributed by atoms with Crippen LogP contribution in [0.3, 0.4) is 0 Å². The van der Waals surface area contributed by atoms with Crippen LogP contribution >= 0.6 is 0 Å². The van der Waals surface area contributed by atoms with Crippen LogP contribution in [0.1, 0.15) is 16.8 Å². The Balaban J connectivity index is 2.97. The number of hydrogen-bond donors (Lipinski definition) is 0. The van der Waals surface area contributed by atoms with Crippen molar-refractivity contribution in [3.8, 4) is 0 Å². The lowest BCUT2D eigenvalue weighted by atomic mass is 10.00. The molecule has 0 unspecified atom stereocenters. The fourth-order valence-corrected chi connectivity index (χ4v) is 2.12. The minimum absolute atomic E-state index is 0.102. The van der Waals surface area contributed by atoms with Crippen LogP contribution in [0.4, 0.5) is 26.3 Å². The van der Waals surface area contributed by atoms with Gasteiger partial charge in [0.1, 0.15) is 7.05 Å². The molecule has 2 rings (SSSR count). The van der Waals surface area contributed by atoms with Gasteiger partial charge in [-0.3, -0.25) is 0 Å². The van der Waals surface area contributed by atoms with Gasteiger partial charge in [-0.2, -0.15) is 30.9 Å². The topological polar surface area (TPSA) is 3.88 Å². The molecule has 0 fully saturated rings. The minimum atomic E-state index is -5.08. The zero-order valence-electron chi connectivity index (χ0n) is 10.5. The number of rotatable bonds is 0. The second kappa shape index (κ2) is 4.36. The Labute approximate surface area is 110 Å². The van der Waals surface area contributed by atoms with Crippen molar-refractivity contribution < 1.29 is 30.9 Å². The smallest absolute Gasteiger partial charge is 0.199 e. The Bertz CT molecular complexity index is 669. The molecular formula is C13H10F6N+. The lowest BCUT2D eigenvalue weighted by Gasteiger charge is -2.17. The molecule has 2 aromatic rings. The predicted molar refractivity (Wildman–Crippen MR) is 59.9 cm³/mol. The van der Waals surface area contributed by atoms with Crippen LogP contribution in [-0.2, 0) is 19.4 Å². The van der Waals surface area contributed by atoms with Crippen LogP contribution in [0.15, 0.2) is 24.3 Å². The molecule has 20 heavy (non-hydrogen) atoms. The quantitative estimate of drug-likeness (QED) is 0.510. The molecule has 0 aliphatic rings. The average molecular weight is 294 g/mol. The zero-order chi connectivity index (χ0) is 15.3. The van der Waals surface area contributed by atoms with Gasteiger partial charge in [-0.25, -0.2) is 0 Å². The molecule has 7 heteroatoms. The van der Waals surface area contributed by atoms with Crippen LogP contribution < -0.4 is 4.57 Å². The number of halogens is 6. The Morgan fingerprint density at radius 3 is 1.95 bits per heavy atom. The molecule has 0 aliphatic carbocycles. The van der Waals surface area contributed by atoms with Crippen molar-refractivity contribution in [3.05, 3.63) is 41.1 Å². The highest BCUT2D eigenvalue weighted by atomic mass is 19.4. The molecule has 1 heterocycles. The molecule has 0 bridgehead atoms. The maximum absolute atomic E-state index is 13.0. The molecule has 0 N–H and O–H groups in total. The van der Waals surface area contributed by atoms with Crippen molar-refractivity contribution in [2.75, 3.05) is 0 Å². The predicted octanol–water partition coefficient (Wildman–Crippen LogP) is 4.01. The first kappa shape index (κ1) is 14.6. The summed E-state index contributed by atoms with van der Waals surface area (Å²) in [5.41, 5.74) is -2.56. The van der Waals surface area contributed by atoms with Gasteiger partial charge < -0.3 is 0 Å². The first-order chi connectivity index (χ1) is 9.03. The van der Waals surface area contributed by atoms with Crippen molar-refractivity contribution in [2.24, 2.45) is 7.05 Å². The van der Waals surface area contributed by atoms with Gasteiger partial charge in [-0.1, -0.05) is 0 Å². The highest BCUT2D eigenvalue weighted by molar-refractivity contribution is 5.82. The summed E-state index contributed by atoms with van der Waals surface area (Å²) in [7, 11) is 1.51. The van der Waals surface area contributed by atoms with Gasteiger partial charge in [-0.05, 0) is 12.1 Å². The van der Waals surface area contributed by atoms with E-state index in [1.54, 1.807) is 6.92 Å². The van der Waals surface area contributed by atoms with Crippen molar-refractivity contribution in [3.63, 3.8) is 0 Å². The number of hydrogen-bond acceptors (Lipinski definition) is 0. The Morgan fingerprint density at radius 2 is 1.45 bits per heavy atom. The molecule has 1 aromatic carbocycles. The van der Waals surface area contributed by atoms with E-state index in [1.807, 2.05) is 0 Å². The Morgan fingerprint density at radius 1 is 0.850 bits per heavy atom. The van der Waals surface area contributed by atoms with Crippen LogP contribution in [0.5, 0.6) is 0 Å². The number of fused-ring (bicyclic) bond motifs is 1. The Kier molecular flexibility index (Phi) is 3.19. The number of aryl methyl sites for hydroxylation is 2. The van der Waals surface area contributed by atoms with Crippen molar-refractivity contribution in [1.29, 1.82) is 0 Å². The van der Waals surface area contributed by atoms with Gasteiger partial charge in [0, 0.05) is 19.1 Å². The van der Waals surface area contributed by atoms with E-state index >= 15 is 0 Å². The second-order valence-electron chi connectivity index (χ2n) is 4.45. The van der Waals surface area contributed by atoms with Gasteiger partial charge in [0.25, 0.3) is 0 Å². The summed E-state index contributed by atoms with van der Waals surface area (Å²) < 4.78 is 78.9. The molecule has 1 aromatic heterocycles. The normalized spacial score (nSPS) is 13.0. The largest absolute Gasteiger partial charge is 0.417 e. The highest BCUT2D eigenvalue weighted by Gasteiger charge is 2.45. The summed E-state index contributed by atoms with van der Waals surface area (Å²) in [5, 5.41) is -0.458. The van der Waals surface area contributed by atoms with E-state index in [2.05, 4.69) is 0 Å². The molecule has 0 atom stereocenters. The standard InChI is InChI=1S/C13H10F6N/c1-7-3-4-8-10(20(7)2)6-5-9(12(14,15)16)11(8)13(17,18)19/h3-6H,1-2H3/q+1. The van der Waals surface area contributed by atoms with Gasteiger partial charge in [0.15, 0.2) is 5.69 Å². The fourth-order valence-electron chi connectivity index (χ4n) is 2.12. The van der Waals surface area contributed by atoms with Crippen LogP contribution in [-0.4, -0.2) is 0 Å². The lowest BCUT2D eigenvalue weighted by Crippen LogP contribution is -2.33. The van der Waals surface area contributed by atoms with Crippen LogP contribution in [0, 0.1) is 6.92 Å². The molecule has 0 amide bonds. The van der Waals surface area contributed by atoms with Crippen LogP contribution in [0.2, 0.25) is 0 Å². The number of nitrogens with zero attached hydrogens (tertiary/aromatic N) is 1. The minimum Gasteiger partial charge on any atom is -0.199 e. The molecular weight excluding hydrogens is 284 g/mol. The van der Waals surface area contributed by atoms with Gasteiger partial charge in [-0.15, -0.1) is 0 Å². The molecule has 0 saturated heterocycles. The van der Waals surface area contributed by atoms with Crippen molar-refractivity contribution >= 4 is 10.9 Å². The number of pyridine rings is 1. The Hall–Kier alpha value is -1.79. The molecule has 0 radical (unpaired) electrons. The fraction of sp³-hybridized carbons (Fsp3) is 0.308. The van der Waals surface area contributed by atoms with E-state index in [-0.39, 0.29) is 5.52 Å². The van der Waals surface area contributed by atoms with E-state index in [0.29, 0.717) is 11.8 Å². The molecule has 0 spiro atoms. The van der Waals surface area contributed by atoms with E-state index in [9.17, 15) is 26.3 Å². The van der Waals surface area contributed by atoms with E-state index in [4.69, 9.17) is 0 Å². The summed E-state index contributed by atoms with van der Waals surface area (Å²) in [6, 6.07) is 3.96. The first-order valence-electron chi connectivity index (χ1n) is 5.60. The third-order valence-electron chi connectivity index (χ3n) is 3.19. The SMILES string of the molecule is Cc1ccc2c(C(F)(F)F)c(C(F)(F)F)ccc2[n+]1C. The summed E-state index contributed by atoms with van der Waals surface area (Å²) in [6.07, 6.45) is -10.1. The second-order valence-corrected chi connectivity index (χ2v) is 4.45. The van der Waals surface area contributed by atoms with Gasteiger partial charge >= 0.3 is 12.4 Å². The third-order valence-corrected chi connectivity index (χ3v) is 3.19. The maximum atomic E-state index is 13.0. The summed E-state index contributed by atoms with van der Waals surface area (Å²) >= 11 is 0. The third kappa shape index (κ3) is 2.32. The summed E-state index contributed by atoms with van der Waals surface area (Å²) in [5.74, 6) is 0. The molecule has 108 valence electrons. The van der Waals surface area contributed by atoms with Crippen molar-refractivity contribution in [2.45, 2.75) is 19.3 Å². The van der Waals surface area contributed by atoms with E-state index in [1.165, 1.54) is 17.7 Å². The number of alkyl halides is 6. The monoisotopic (exact) mass is 294 g/mol. The lowest BCUT2D eigenvalue weighted by molar-refractivity contribution is -0.651. The van der Waals surface area contributed by atoms with Gasteiger partial charge in [0.2, 0.25) is 5.52 Å². The molecule has 1 nitrogen and oxygen atoms in total. The highest BCUT2D eigenvalue weighted by Crippen LogP contribution is 2.43. The number of aromatic nitrogens is 1. The van der Waals surface area contributed by atoms with E-state index in [0.717, 1.165) is 12.1 Å². The number of benzene rings is 1. The first-order valence-corrected chi connectivity index (χ1v) is 5.60. The molecule has 0 aliphatic heterocycles. The zero-order valence-corrected chi connectivity index (χ0v) is 10.5. The average Bonchev–Trinajstić information content (AvgIpc) is 2.30. The maximum Gasteiger partial charge on any atom is 0.417 e. The summed E-state index contributed by atoms with van der Waals surface area (Å²) in [4.78, 5) is 0. The van der Waals surface area contributed by atoms with Crippen molar-refractivity contribution in [1.82, 2.24) is 0 Å². The van der Waals surface area contributed by atoms with Gasteiger partial charge in [0.05, 0.1) is 16.5 Å².